The Hall–Kier alpha value is -2.89. The Kier molecular flexibility index (Phi) is 5.89. The molecule has 2 aromatic carbocycles. The molecule has 0 amide bonds. The first-order valence-corrected chi connectivity index (χ1v) is 7.25. The van der Waals surface area contributed by atoms with Crippen molar-refractivity contribution < 1.29 is 28.5 Å². The van der Waals surface area contributed by atoms with Gasteiger partial charge in [0, 0.05) is 0 Å². The van der Waals surface area contributed by atoms with Crippen molar-refractivity contribution in [1.29, 1.82) is 0 Å². The van der Waals surface area contributed by atoms with E-state index in [1.165, 1.54) is 21.3 Å². The molecule has 0 aromatic heterocycles. The van der Waals surface area contributed by atoms with E-state index in [2.05, 4.69) is 0 Å². The van der Waals surface area contributed by atoms with E-state index in [0.717, 1.165) is 0 Å². The van der Waals surface area contributed by atoms with E-state index in [4.69, 9.17) is 23.7 Å². The van der Waals surface area contributed by atoms with Gasteiger partial charge in [-0.25, -0.2) is 0 Å². The van der Waals surface area contributed by atoms with E-state index in [-0.39, 0.29) is 6.42 Å². The fraction of sp³-hybridized carbons (Fsp3) is 0.278. The van der Waals surface area contributed by atoms with Gasteiger partial charge >= 0.3 is 5.97 Å². The number of benzene rings is 2. The summed E-state index contributed by atoms with van der Waals surface area (Å²) in [7, 11) is 6.15. The van der Waals surface area contributed by atoms with Crippen LogP contribution in [0.4, 0.5) is 0 Å². The largest absolute Gasteiger partial charge is 0.497 e. The summed E-state index contributed by atoms with van der Waals surface area (Å²) in [6.07, 6.45) is 0.0722. The molecular formula is C18H20O6. The molecule has 6 nitrogen and oxygen atoms in total. The first-order valence-electron chi connectivity index (χ1n) is 7.25. The van der Waals surface area contributed by atoms with Gasteiger partial charge in [0.05, 0.1) is 34.9 Å². The molecule has 0 saturated carbocycles. The van der Waals surface area contributed by atoms with Crippen LogP contribution >= 0.6 is 0 Å². The number of ether oxygens (including phenoxy) is 5. The Morgan fingerprint density at radius 3 is 1.79 bits per heavy atom. The van der Waals surface area contributed by atoms with Crippen molar-refractivity contribution in [1.82, 2.24) is 0 Å². The quantitative estimate of drug-likeness (QED) is 0.574. The molecule has 24 heavy (non-hydrogen) atoms. The highest BCUT2D eigenvalue weighted by atomic mass is 16.5. The molecule has 6 heteroatoms. The van der Waals surface area contributed by atoms with Gasteiger partial charge < -0.3 is 23.7 Å². The van der Waals surface area contributed by atoms with E-state index in [1.807, 2.05) is 0 Å². The van der Waals surface area contributed by atoms with Crippen molar-refractivity contribution in [2.24, 2.45) is 0 Å². The van der Waals surface area contributed by atoms with Crippen LogP contribution in [0.25, 0.3) is 0 Å². The van der Waals surface area contributed by atoms with Crippen LogP contribution < -0.4 is 23.7 Å². The van der Waals surface area contributed by atoms with Gasteiger partial charge in [-0.3, -0.25) is 4.79 Å². The fourth-order valence-electron chi connectivity index (χ4n) is 2.22. The Morgan fingerprint density at radius 1 is 0.792 bits per heavy atom. The first kappa shape index (κ1) is 17.5. The van der Waals surface area contributed by atoms with Gasteiger partial charge in [-0.05, 0) is 42.0 Å². The van der Waals surface area contributed by atoms with Crippen molar-refractivity contribution >= 4 is 5.97 Å². The summed E-state index contributed by atoms with van der Waals surface area (Å²) in [4.78, 5) is 12.1. The normalized spacial score (nSPS) is 10.0. The van der Waals surface area contributed by atoms with Crippen LogP contribution in [-0.4, -0.2) is 34.4 Å². The summed E-state index contributed by atoms with van der Waals surface area (Å²) >= 11 is 0. The Balaban J connectivity index is 2.12. The van der Waals surface area contributed by atoms with Crippen LogP contribution in [0.15, 0.2) is 36.4 Å². The Labute approximate surface area is 140 Å². The van der Waals surface area contributed by atoms with Crippen LogP contribution in [-0.2, 0) is 11.2 Å². The highest BCUT2D eigenvalue weighted by molar-refractivity contribution is 5.76. The minimum Gasteiger partial charge on any atom is -0.497 e. The number of hydrogen-bond donors (Lipinski definition) is 0. The van der Waals surface area contributed by atoms with E-state index in [0.29, 0.717) is 34.3 Å². The number of carbonyl (C=O) groups is 1. The number of methoxy groups -OCH3 is 4. The molecule has 0 fully saturated rings. The SMILES string of the molecule is COc1ccc(OC(=O)Cc2cc(OC)c(OC)c(OC)c2)cc1. The van der Waals surface area contributed by atoms with Crippen LogP contribution in [0.3, 0.4) is 0 Å². The highest BCUT2D eigenvalue weighted by Crippen LogP contribution is 2.38. The number of esters is 1. The lowest BCUT2D eigenvalue weighted by Gasteiger charge is -2.14. The molecule has 128 valence electrons. The van der Waals surface area contributed by atoms with Gasteiger partial charge in [0.1, 0.15) is 11.5 Å². The molecular weight excluding hydrogens is 312 g/mol. The third-order valence-corrected chi connectivity index (χ3v) is 3.36. The van der Waals surface area contributed by atoms with E-state index in [1.54, 1.807) is 43.5 Å². The van der Waals surface area contributed by atoms with E-state index in [9.17, 15) is 4.79 Å². The monoisotopic (exact) mass is 332 g/mol. The second kappa shape index (κ2) is 8.10. The maximum absolute atomic E-state index is 12.1. The fourth-order valence-corrected chi connectivity index (χ4v) is 2.22. The maximum atomic E-state index is 12.1. The number of hydrogen-bond acceptors (Lipinski definition) is 6. The molecule has 0 unspecified atom stereocenters. The molecule has 2 rings (SSSR count). The van der Waals surface area contributed by atoms with Crippen molar-refractivity contribution in [3.05, 3.63) is 42.0 Å². The molecule has 0 atom stereocenters. The van der Waals surface area contributed by atoms with Gasteiger partial charge in [-0.15, -0.1) is 0 Å². The minimum absolute atomic E-state index is 0.0722. The number of carbonyl (C=O) groups excluding carboxylic acids is 1. The zero-order valence-corrected chi connectivity index (χ0v) is 14.1. The molecule has 0 aliphatic heterocycles. The zero-order valence-electron chi connectivity index (χ0n) is 14.1. The zero-order chi connectivity index (χ0) is 17.5. The van der Waals surface area contributed by atoms with Gasteiger partial charge in [0.2, 0.25) is 5.75 Å². The van der Waals surface area contributed by atoms with Crippen LogP contribution in [0, 0.1) is 0 Å². The molecule has 0 aliphatic carbocycles. The summed E-state index contributed by atoms with van der Waals surface area (Å²) in [6, 6.07) is 10.2. The van der Waals surface area contributed by atoms with Gasteiger partial charge in [0.15, 0.2) is 11.5 Å². The van der Waals surface area contributed by atoms with Crippen molar-refractivity contribution in [2.75, 3.05) is 28.4 Å². The van der Waals surface area contributed by atoms with Gasteiger partial charge in [-0.1, -0.05) is 0 Å². The minimum atomic E-state index is -0.394. The van der Waals surface area contributed by atoms with Crippen LogP contribution in [0.5, 0.6) is 28.7 Å². The highest BCUT2D eigenvalue weighted by Gasteiger charge is 2.15. The lowest BCUT2D eigenvalue weighted by molar-refractivity contribution is -0.133. The summed E-state index contributed by atoms with van der Waals surface area (Å²) in [5.74, 6) is 2.21. The second-order valence-corrected chi connectivity index (χ2v) is 4.86. The van der Waals surface area contributed by atoms with E-state index >= 15 is 0 Å². The van der Waals surface area contributed by atoms with E-state index < -0.39 is 5.97 Å². The molecule has 0 radical (unpaired) electrons. The molecule has 0 saturated heterocycles. The first-order chi connectivity index (χ1) is 11.6. The molecule has 0 N–H and O–H groups in total. The third kappa shape index (κ3) is 4.10. The molecule has 0 bridgehead atoms. The summed E-state index contributed by atoms with van der Waals surface area (Å²) in [6.45, 7) is 0. The lowest BCUT2D eigenvalue weighted by atomic mass is 10.1. The van der Waals surface area contributed by atoms with Gasteiger partial charge in [0.25, 0.3) is 0 Å². The predicted octanol–water partition coefficient (Wildman–Crippen LogP) is 2.87. The third-order valence-electron chi connectivity index (χ3n) is 3.36. The topological polar surface area (TPSA) is 63.2 Å². The molecule has 2 aromatic rings. The summed E-state index contributed by atoms with van der Waals surface area (Å²) < 4.78 is 26.2. The predicted molar refractivity (Wildman–Crippen MR) is 88.4 cm³/mol. The Bertz CT molecular complexity index is 668. The molecule has 0 spiro atoms. The maximum Gasteiger partial charge on any atom is 0.315 e. The summed E-state index contributed by atoms with van der Waals surface area (Å²) in [5.41, 5.74) is 0.697. The average molecular weight is 332 g/mol. The summed E-state index contributed by atoms with van der Waals surface area (Å²) in [5, 5.41) is 0. The van der Waals surface area contributed by atoms with Gasteiger partial charge in [-0.2, -0.15) is 0 Å². The molecule has 0 heterocycles. The van der Waals surface area contributed by atoms with Crippen molar-refractivity contribution in [3.63, 3.8) is 0 Å². The molecule has 0 aliphatic rings. The van der Waals surface area contributed by atoms with Crippen molar-refractivity contribution in [2.45, 2.75) is 6.42 Å². The van der Waals surface area contributed by atoms with Crippen molar-refractivity contribution in [3.8, 4) is 28.7 Å². The Morgan fingerprint density at radius 2 is 1.33 bits per heavy atom. The van der Waals surface area contributed by atoms with Crippen LogP contribution in [0.2, 0.25) is 0 Å². The smallest absolute Gasteiger partial charge is 0.315 e. The van der Waals surface area contributed by atoms with Crippen LogP contribution in [0.1, 0.15) is 5.56 Å². The average Bonchev–Trinajstić information content (AvgIpc) is 2.61. The second-order valence-electron chi connectivity index (χ2n) is 4.86. The lowest BCUT2D eigenvalue weighted by Crippen LogP contribution is -2.11. The standard InChI is InChI=1S/C18H20O6/c1-20-13-5-7-14(8-6-13)24-17(19)11-12-9-15(21-2)18(23-4)16(10-12)22-3/h5-10H,11H2,1-4H3. The number of rotatable bonds is 7.